The Morgan fingerprint density at radius 1 is 1.35 bits per heavy atom. The van der Waals surface area contributed by atoms with Crippen molar-refractivity contribution in [2.45, 2.75) is 17.7 Å². The minimum absolute atomic E-state index is 0.113. The molecule has 1 aliphatic carbocycles. The largest absolute Gasteiger partial charge is 0.330 e. The van der Waals surface area contributed by atoms with E-state index in [1.807, 2.05) is 0 Å². The molecule has 0 amide bonds. The molecule has 1 aromatic rings. The molecule has 0 aliphatic heterocycles. The molecule has 1 saturated carbocycles. The van der Waals surface area contributed by atoms with Crippen LogP contribution in [0.3, 0.4) is 0 Å². The molecule has 3 N–H and O–H groups in total. The van der Waals surface area contributed by atoms with Crippen molar-refractivity contribution in [2.75, 3.05) is 13.1 Å². The summed E-state index contributed by atoms with van der Waals surface area (Å²) in [7, 11) is -3.77. The smallest absolute Gasteiger partial charge is 0.243 e. The lowest BCUT2D eigenvalue weighted by molar-refractivity contribution is 0.497. The normalized spacial score (nSPS) is 18.0. The monoisotopic (exact) mass is 258 g/mol. The van der Waals surface area contributed by atoms with Crippen molar-refractivity contribution in [3.63, 3.8) is 0 Å². The van der Waals surface area contributed by atoms with Gasteiger partial charge in [0.05, 0.1) is 0 Å². The van der Waals surface area contributed by atoms with E-state index in [1.54, 1.807) is 0 Å². The fraction of sp³-hybridized carbons (Fsp3) is 0.455. The summed E-state index contributed by atoms with van der Waals surface area (Å²) in [6.07, 6.45) is 1.84. The number of nitrogens with two attached hydrogens (primary N) is 1. The second-order valence-corrected chi connectivity index (χ2v) is 6.19. The van der Waals surface area contributed by atoms with Gasteiger partial charge >= 0.3 is 0 Å². The van der Waals surface area contributed by atoms with Gasteiger partial charge in [0.2, 0.25) is 10.0 Å². The number of hydrogen-bond acceptors (Lipinski definition) is 3. The lowest BCUT2D eigenvalue weighted by Gasteiger charge is -2.13. The molecule has 0 saturated heterocycles. The molecular formula is C11H15FN2O2S. The fourth-order valence-electron chi connectivity index (χ4n) is 1.62. The van der Waals surface area contributed by atoms with Crippen LogP contribution in [-0.4, -0.2) is 21.5 Å². The van der Waals surface area contributed by atoms with E-state index in [0.29, 0.717) is 6.54 Å². The van der Waals surface area contributed by atoms with Crippen molar-refractivity contribution in [1.82, 2.24) is 4.72 Å². The molecular weight excluding hydrogens is 243 g/mol. The van der Waals surface area contributed by atoms with Gasteiger partial charge < -0.3 is 5.73 Å². The van der Waals surface area contributed by atoms with Gasteiger partial charge in [-0.05, 0) is 36.9 Å². The van der Waals surface area contributed by atoms with Crippen LogP contribution in [-0.2, 0) is 10.0 Å². The highest BCUT2D eigenvalue weighted by molar-refractivity contribution is 7.89. The molecule has 0 heterocycles. The summed E-state index contributed by atoms with van der Waals surface area (Å²) in [6, 6.07) is 5.33. The average Bonchev–Trinajstić information content (AvgIpc) is 3.08. The topological polar surface area (TPSA) is 72.2 Å². The Bertz CT molecular complexity index is 512. The number of hydrogen-bond donors (Lipinski definition) is 2. The van der Waals surface area contributed by atoms with Gasteiger partial charge in [0.25, 0.3) is 0 Å². The number of benzene rings is 1. The Hall–Kier alpha value is -0.980. The van der Waals surface area contributed by atoms with Crippen molar-refractivity contribution >= 4 is 10.0 Å². The zero-order valence-corrected chi connectivity index (χ0v) is 10.1. The van der Waals surface area contributed by atoms with Crippen molar-refractivity contribution in [2.24, 2.45) is 11.1 Å². The van der Waals surface area contributed by atoms with Gasteiger partial charge in [0.1, 0.15) is 10.7 Å². The first-order valence-corrected chi connectivity index (χ1v) is 6.92. The summed E-state index contributed by atoms with van der Waals surface area (Å²) < 4.78 is 39.5. The molecule has 2 rings (SSSR count). The van der Waals surface area contributed by atoms with Gasteiger partial charge in [-0.25, -0.2) is 17.5 Å². The summed E-state index contributed by atoms with van der Waals surface area (Å²) in [4.78, 5) is -0.312. The van der Waals surface area contributed by atoms with Crippen LogP contribution in [0, 0.1) is 11.2 Å². The molecule has 4 nitrogen and oxygen atoms in total. The maximum Gasteiger partial charge on any atom is 0.243 e. The molecule has 0 bridgehead atoms. The predicted octanol–water partition coefficient (Wildman–Crippen LogP) is 0.843. The van der Waals surface area contributed by atoms with Crippen molar-refractivity contribution in [3.8, 4) is 0 Å². The lowest BCUT2D eigenvalue weighted by Crippen LogP contribution is -2.34. The summed E-state index contributed by atoms with van der Waals surface area (Å²) in [5.74, 6) is -0.738. The van der Waals surface area contributed by atoms with Crippen LogP contribution in [0.1, 0.15) is 12.8 Å². The first-order valence-electron chi connectivity index (χ1n) is 5.43. The molecule has 94 valence electrons. The maximum atomic E-state index is 13.4. The van der Waals surface area contributed by atoms with Crippen LogP contribution >= 0.6 is 0 Å². The van der Waals surface area contributed by atoms with E-state index < -0.39 is 15.8 Å². The molecule has 6 heteroatoms. The number of rotatable bonds is 5. The molecule has 0 aromatic heterocycles. The van der Waals surface area contributed by atoms with Crippen LogP contribution in [0.25, 0.3) is 0 Å². The van der Waals surface area contributed by atoms with Gasteiger partial charge in [-0.1, -0.05) is 12.1 Å². The Labute approximate surface area is 100 Å². The Morgan fingerprint density at radius 3 is 2.53 bits per heavy atom. The van der Waals surface area contributed by atoms with Gasteiger partial charge in [0, 0.05) is 6.54 Å². The zero-order chi connectivity index (χ0) is 12.5. The fourth-order valence-corrected chi connectivity index (χ4v) is 2.85. The molecule has 0 radical (unpaired) electrons. The molecule has 1 aromatic carbocycles. The van der Waals surface area contributed by atoms with Gasteiger partial charge in [-0.2, -0.15) is 0 Å². The van der Waals surface area contributed by atoms with Crippen LogP contribution in [0.2, 0.25) is 0 Å². The number of nitrogens with one attached hydrogen (secondary N) is 1. The van der Waals surface area contributed by atoms with E-state index in [2.05, 4.69) is 4.72 Å². The zero-order valence-electron chi connectivity index (χ0n) is 9.32. The molecule has 1 aliphatic rings. The quantitative estimate of drug-likeness (QED) is 0.822. The summed E-state index contributed by atoms with van der Waals surface area (Å²) >= 11 is 0. The third kappa shape index (κ3) is 2.65. The summed E-state index contributed by atoms with van der Waals surface area (Å²) in [5, 5.41) is 0. The van der Waals surface area contributed by atoms with E-state index in [-0.39, 0.29) is 16.9 Å². The highest BCUT2D eigenvalue weighted by atomic mass is 32.2. The van der Waals surface area contributed by atoms with E-state index in [1.165, 1.54) is 18.2 Å². The van der Waals surface area contributed by atoms with Crippen LogP contribution in [0.5, 0.6) is 0 Å². The van der Waals surface area contributed by atoms with Gasteiger partial charge in [0.15, 0.2) is 0 Å². The second kappa shape index (κ2) is 4.36. The second-order valence-electron chi connectivity index (χ2n) is 4.46. The Balaban J connectivity index is 2.12. The maximum absolute atomic E-state index is 13.4. The van der Waals surface area contributed by atoms with Crippen molar-refractivity contribution in [1.29, 1.82) is 0 Å². The summed E-state index contributed by atoms with van der Waals surface area (Å²) in [6.45, 7) is 0.729. The SMILES string of the molecule is NCC1(CNS(=O)(=O)c2ccccc2F)CC1. The summed E-state index contributed by atoms with van der Waals surface area (Å²) in [5.41, 5.74) is 5.45. The lowest BCUT2D eigenvalue weighted by atomic mass is 10.1. The first kappa shape index (κ1) is 12.5. The highest BCUT2D eigenvalue weighted by Crippen LogP contribution is 2.43. The standard InChI is InChI=1S/C11H15FN2O2S/c12-9-3-1-2-4-10(9)17(15,16)14-8-11(7-13)5-6-11/h1-4,14H,5-8,13H2. The van der Waals surface area contributed by atoms with Gasteiger partial charge in [-0.3, -0.25) is 0 Å². The molecule has 1 fully saturated rings. The third-order valence-corrected chi connectivity index (χ3v) is 4.59. The minimum atomic E-state index is -3.77. The molecule has 0 atom stereocenters. The van der Waals surface area contributed by atoms with E-state index in [4.69, 9.17) is 5.73 Å². The first-order chi connectivity index (χ1) is 7.99. The Morgan fingerprint density at radius 2 is 2.00 bits per heavy atom. The van der Waals surface area contributed by atoms with E-state index >= 15 is 0 Å². The third-order valence-electron chi connectivity index (χ3n) is 3.15. The van der Waals surface area contributed by atoms with Crippen LogP contribution < -0.4 is 10.5 Å². The highest BCUT2D eigenvalue weighted by Gasteiger charge is 2.42. The molecule has 0 unspecified atom stereocenters. The predicted molar refractivity (Wildman–Crippen MR) is 62.3 cm³/mol. The van der Waals surface area contributed by atoms with Crippen LogP contribution in [0.4, 0.5) is 4.39 Å². The molecule has 0 spiro atoms. The number of halogens is 1. The van der Waals surface area contributed by atoms with Crippen molar-refractivity contribution in [3.05, 3.63) is 30.1 Å². The van der Waals surface area contributed by atoms with E-state index in [0.717, 1.165) is 18.9 Å². The van der Waals surface area contributed by atoms with Crippen molar-refractivity contribution < 1.29 is 12.8 Å². The molecule has 17 heavy (non-hydrogen) atoms. The van der Waals surface area contributed by atoms with Gasteiger partial charge in [-0.15, -0.1) is 0 Å². The van der Waals surface area contributed by atoms with E-state index in [9.17, 15) is 12.8 Å². The number of sulfonamides is 1. The van der Waals surface area contributed by atoms with Crippen LogP contribution in [0.15, 0.2) is 29.2 Å². The average molecular weight is 258 g/mol. The minimum Gasteiger partial charge on any atom is -0.330 e. The Kier molecular flexibility index (Phi) is 3.20.